The van der Waals surface area contributed by atoms with Gasteiger partial charge in [0.15, 0.2) is 5.70 Å². The summed E-state index contributed by atoms with van der Waals surface area (Å²) in [7, 11) is 0. The van der Waals surface area contributed by atoms with E-state index >= 15 is 0 Å². The first-order chi connectivity index (χ1) is 5.71. The summed E-state index contributed by atoms with van der Waals surface area (Å²) < 4.78 is 70.3. The number of hydrogen-bond donors (Lipinski definition) is 1. The van der Waals surface area contributed by atoms with Crippen molar-refractivity contribution in [2.24, 2.45) is 0 Å². The van der Waals surface area contributed by atoms with Crippen LogP contribution < -0.4 is 11.0 Å². The lowest BCUT2D eigenvalue weighted by Crippen LogP contribution is -2.42. The van der Waals surface area contributed by atoms with Crippen LogP contribution in [0.15, 0.2) is 11.9 Å². The predicted octanol–water partition coefficient (Wildman–Crippen LogP) is 1.25. The molecule has 1 heterocycles. The van der Waals surface area contributed by atoms with Gasteiger partial charge in [0, 0.05) is 0 Å². The highest BCUT2D eigenvalue weighted by Crippen LogP contribution is 2.29. The van der Waals surface area contributed by atoms with Crippen molar-refractivity contribution in [1.29, 1.82) is 0 Å². The van der Waals surface area contributed by atoms with E-state index in [4.69, 9.17) is 0 Å². The Hall–Kier alpha value is -1.12. The molecule has 0 saturated heterocycles. The van der Waals surface area contributed by atoms with Crippen molar-refractivity contribution in [3.05, 3.63) is 11.9 Å². The summed E-state index contributed by atoms with van der Waals surface area (Å²) in [6, 6.07) is 0. The normalized spacial score (nSPS) is 18.6. The highest BCUT2D eigenvalue weighted by molar-refractivity contribution is 5.08. The van der Waals surface area contributed by atoms with Gasteiger partial charge >= 0.3 is 12.5 Å². The molecule has 1 aliphatic heterocycles. The zero-order valence-electron chi connectivity index (χ0n) is 5.74. The molecular formula is C4H2F6N3. The van der Waals surface area contributed by atoms with Crippen LogP contribution in [0.5, 0.6) is 0 Å². The van der Waals surface area contributed by atoms with E-state index in [1.54, 1.807) is 0 Å². The molecule has 0 saturated carbocycles. The van der Waals surface area contributed by atoms with Crippen molar-refractivity contribution >= 4 is 0 Å². The molecule has 0 aromatic rings. The van der Waals surface area contributed by atoms with Crippen molar-refractivity contribution in [2.75, 3.05) is 0 Å². The third-order valence-electron chi connectivity index (χ3n) is 1.09. The molecular weight excluding hydrogens is 204 g/mol. The Balaban J connectivity index is 2.76. The lowest BCUT2D eigenvalue weighted by Gasteiger charge is -2.16. The molecule has 1 aliphatic rings. The van der Waals surface area contributed by atoms with Gasteiger partial charge in [0.05, 0.1) is 6.20 Å². The number of rotatable bonds is 0. The molecule has 75 valence electrons. The first-order valence-electron chi connectivity index (χ1n) is 2.83. The number of alkyl halides is 6. The second kappa shape index (κ2) is 2.69. The molecule has 3 nitrogen and oxygen atoms in total. The Morgan fingerprint density at radius 2 is 1.69 bits per heavy atom. The molecule has 0 unspecified atom stereocenters. The van der Waals surface area contributed by atoms with E-state index in [2.05, 4.69) is 5.43 Å². The van der Waals surface area contributed by atoms with Crippen molar-refractivity contribution in [2.45, 2.75) is 12.5 Å². The Labute approximate surface area is 67.9 Å². The Morgan fingerprint density at radius 1 is 1.15 bits per heavy atom. The summed E-state index contributed by atoms with van der Waals surface area (Å²) in [6.07, 6.45) is -9.97. The minimum absolute atomic E-state index is 0.167. The smallest absolute Gasteiger partial charge is 0.202 e. The summed E-state index contributed by atoms with van der Waals surface area (Å²) in [5.41, 5.74) is 2.00. The summed E-state index contributed by atoms with van der Waals surface area (Å²) in [6.45, 7) is 0. The summed E-state index contributed by atoms with van der Waals surface area (Å²) in [5.74, 6) is 0. The van der Waals surface area contributed by atoms with Crippen LogP contribution in [0.4, 0.5) is 26.3 Å². The molecule has 13 heavy (non-hydrogen) atoms. The van der Waals surface area contributed by atoms with Crippen LogP contribution in [-0.2, 0) is 0 Å². The highest BCUT2D eigenvalue weighted by Gasteiger charge is 2.45. The zero-order valence-corrected chi connectivity index (χ0v) is 5.74. The van der Waals surface area contributed by atoms with Gasteiger partial charge in [0.2, 0.25) is 0 Å². The molecule has 0 atom stereocenters. The number of allylic oxidation sites excluding steroid dienone is 1. The molecule has 0 aliphatic carbocycles. The van der Waals surface area contributed by atoms with Gasteiger partial charge in [-0.3, -0.25) is 0 Å². The van der Waals surface area contributed by atoms with Crippen LogP contribution in [0, 0.1) is 0 Å². The fraction of sp³-hybridized carbons (Fsp3) is 0.500. The lowest BCUT2D eigenvalue weighted by molar-refractivity contribution is -0.243. The van der Waals surface area contributed by atoms with E-state index in [9.17, 15) is 26.3 Å². The van der Waals surface area contributed by atoms with E-state index in [1.165, 1.54) is 5.53 Å². The maximum absolute atomic E-state index is 11.7. The second-order valence-electron chi connectivity index (χ2n) is 2.06. The van der Waals surface area contributed by atoms with Gasteiger partial charge in [-0.15, -0.1) is 18.7 Å². The molecule has 0 spiro atoms. The number of hydrazine groups is 1. The fourth-order valence-corrected chi connectivity index (χ4v) is 0.554. The van der Waals surface area contributed by atoms with Gasteiger partial charge in [-0.2, -0.15) is 18.6 Å². The first-order valence-corrected chi connectivity index (χ1v) is 2.83. The van der Waals surface area contributed by atoms with E-state index in [0.29, 0.717) is 0 Å². The van der Waals surface area contributed by atoms with E-state index < -0.39 is 23.2 Å². The monoisotopic (exact) mass is 206 g/mol. The Morgan fingerprint density at radius 3 is 1.92 bits per heavy atom. The SMILES string of the molecule is FC(F)(F)C1=CN(C(F)(F)F)N[N]1. The molecule has 0 fully saturated rings. The van der Waals surface area contributed by atoms with Crippen LogP contribution in [0.1, 0.15) is 0 Å². The van der Waals surface area contributed by atoms with Gasteiger partial charge < -0.3 is 0 Å². The average Bonchev–Trinajstić information content (AvgIpc) is 2.28. The van der Waals surface area contributed by atoms with Gasteiger partial charge in [-0.25, -0.2) is 5.01 Å². The summed E-state index contributed by atoms with van der Waals surface area (Å²) >= 11 is 0. The maximum Gasteiger partial charge on any atom is 0.500 e. The molecule has 0 bridgehead atoms. The minimum atomic E-state index is -4.92. The van der Waals surface area contributed by atoms with E-state index in [1.807, 2.05) is 0 Å². The van der Waals surface area contributed by atoms with Gasteiger partial charge in [-0.1, -0.05) is 0 Å². The van der Waals surface area contributed by atoms with Crippen LogP contribution in [-0.4, -0.2) is 17.5 Å². The van der Waals surface area contributed by atoms with E-state index in [0.717, 1.165) is 0 Å². The van der Waals surface area contributed by atoms with Gasteiger partial charge in [-0.05, 0) is 0 Å². The molecule has 1 rings (SSSR count). The third kappa shape index (κ3) is 2.17. The summed E-state index contributed by atoms with van der Waals surface area (Å²) in [4.78, 5) is 0. The zero-order chi connectivity index (χ0) is 10.3. The van der Waals surface area contributed by atoms with Crippen molar-refractivity contribution < 1.29 is 26.3 Å². The number of halogens is 6. The second-order valence-corrected chi connectivity index (χ2v) is 2.06. The van der Waals surface area contributed by atoms with Crippen molar-refractivity contribution in [3.63, 3.8) is 0 Å². The number of hydrogen-bond acceptors (Lipinski definition) is 2. The Bertz CT molecular complexity index is 227. The summed E-state index contributed by atoms with van der Waals surface area (Å²) in [5, 5.41) is -0.685. The molecule has 0 amide bonds. The molecule has 1 N–H and O–H groups in total. The quantitative estimate of drug-likeness (QED) is 0.477. The minimum Gasteiger partial charge on any atom is -0.202 e. The molecule has 1 radical (unpaired) electrons. The Kier molecular flexibility index (Phi) is 2.06. The van der Waals surface area contributed by atoms with Crippen LogP contribution >= 0.6 is 0 Å². The van der Waals surface area contributed by atoms with Crippen molar-refractivity contribution in [3.8, 4) is 0 Å². The number of nitrogens with one attached hydrogen (secondary N) is 1. The van der Waals surface area contributed by atoms with Crippen molar-refractivity contribution in [1.82, 2.24) is 16.0 Å². The maximum atomic E-state index is 11.7. The van der Waals surface area contributed by atoms with Gasteiger partial charge in [0.25, 0.3) is 0 Å². The standard InChI is InChI=1S/C4H2F6N3/c5-3(6,7)2-1-13(12-11-2)4(8,9)10/h1,12H. The number of nitrogens with zero attached hydrogens (tertiary/aromatic N) is 2. The van der Waals surface area contributed by atoms with Crippen LogP contribution in [0.25, 0.3) is 0 Å². The lowest BCUT2D eigenvalue weighted by atomic mass is 10.5. The third-order valence-corrected chi connectivity index (χ3v) is 1.09. The predicted molar refractivity (Wildman–Crippen MR) is 27.3 cm³/mol. The van der Waals surface area contributed by atoms with E-state index in [-0.39, 0.29) is 6.20 Å². The molecule has 9 heteroatoms. The van der Waals surface area contributed by atoms with Gasteiger partial charge in [0.1, 0.15) is 0 Å². The largest absolute Gasteiger partial charge is 0.500 e. The highest BCUT2D eigenvalue weighted by atomic mass is 19.4. The topological polar surface area (TPSA) is 29.4 Å². The average molecular weight is 206 g/mol. The fourth-order valence-electron chi connectivity index (χ4n) is 0.554. The van der Waals surface area contributed by atoms with Crippen LogP contribution in [0.3, 0.4) is 0 Å². The first kappa shape index (κ1) is 9.96. The van der Waals surface area contributed by atoms with Crippen LogP contribution in [0.2, 0.25) is 0 Å². The molecule has 0 aromatic carbocycles. The molecule has 0 aromatic heterocycles.